The lowest BCUT2D eigenvalue weighted by Crippen LogP contribution is -2.39. The molecule has 1 aromatic heterocycles. The maximum Gasteiger partial charge on any atom is 0.227 e. The first-order valence-corrected chi connectivity index (χ1v) is 8.57. The molecule has 0 bridgehead atoms. The van der Waals surface area contributed by atoms with Crippen LogP contribution in [0.3, 0.4) is 0 Å². The molecule has 6 nitrogen and oxygen atoms in total. The van der Waals surface area contributed by atoms with Crippen LogP contribution < -0.4 is 4.90 Å². The van der Waals surface area contributed by atoms with Crippen LogP contribution in [-0.4, -0.2) is 34.5 Å². The quantitative estimate of drug-likeness (QED) is 0.730. The number of nitrogens with zero attached hydrogens (tertiary/aromatic N) is 5. The van der Waals surface area contributed by atoms with E-state index < -0.39 is 0 Å². The zero-order valence-corrected chi connectivity index (χ0v) is 14.5. The van der Waals surface area contributed by atoms with Gasteiger partial charge in [0.25, 0.3) is 0 Å². The minimum Gasteiger partial charge on any atom is -0.370 e. The van der Waals surface area contributed by atoms with Gasteiger partial charge in [-0.05, 0) is 17.7 Å². The Labute approximate surface area is 152 Å². The topological polar surface area (TPSA) is 67.0 Å². The summed E-state index contributed by atoms with van der Waals surface area (Å²) >= 11 is 0. The second kappa shape index (κ2) is 6.98. The van der Waals surface area contributed by atoms with Gasteiger partial charge >= 0.3 is 0 Å². The number of benzene rings is 2. The number of morpholine rings is 1. The number of ether oxygens (including phenoxy) is 1. The van der Waals surface area contributed by atoms with Crippen molar-refractivity contribution in [2.45, 2.75) is 6.10 Å². The fraction of sp³-hybridized carbons (Fsp3) is 0.250. The smallest absolute Gasteiger partial charge is 0.227 e. The Bertz CT molecular complexity index is 944. The van der Waals surface area contributed by atoms with Crippen LogP contribution in [0.1, 0.15) is 17.2 Å². The maximum atomic E-state index is 9.11. The number of aromatic nitrogens is 3. The summed E-state index contributed by atoms with van der Waals surface area (Å²) in [6.07, 6.45) is -0.0890. The first kappa shape index (κ1) is 16.3. The number of hydrogen-bond acceptors (Lipinski definition) is 5. The van der Waals surface area contributed by atoms with Gasteiger partial charge in [-0.2, -0.15) is 5.26 Å². The van der Waals surface area contributed by atoms with E-state index in [4.69, 9.17) is 10.00 Å². The molecule has 0 N–H and O–H groups in total. The van der Waals surface area contributed by atoms with E-state index in [0.29, 0.717) is 18.7 Å². The first-order chi connectivity index (χ1) is 12.8. The molecule has 26 heavy (non-hydrogen) atoms. The zero-order chi connectivity index (χ0) is 17.9. The van der Waals surface area contributed by atoms with Gasteiger partial charge in [0.2, 0.25) is 5.95 Å². The van der Waals surface area contributed by atoms with Crippen LogP contribution >= 0.6 is 0 Å². The largest absolute Gasteiger partial charge is 0.370 e. The molecule has 0 spiro atoms. The summed E-state index contributed by atoms with van der Waals surface area (Å²) in [7, 11) is 1.98. The molecular formula is C20H19N5O. The molecule has 2 aromatic carbocycles. The minimum absolute atomic E-state index is 0.0890. The molecule has 0 radical (unpaired) electrons. The summed E-state index contributed by atoms with van der Waals surface area (Å²) in [5, 5.41) is 17.9. The van der Waals surface area contributed by atoms with E-state index in [-0.39, 0.29) is 6.10 Å². The molecule has 0 aliphatic carbocycles. The van der Waals surface area contributed by atoms with Gasteiger partial charge in [-0.25, -0.2) is 0 Å². The molecule has 3 aromatic rings. The Morgan fingerprint density at radius 3 is 2.77 bits per heavy atom. The summed E-state index contributed by atoms with van der Waals surface area (Å²) in [4.78, 5) is 2.19. The average molecular weight is 345 g/mol. The van der Waals surface area contributed by atoms with Gasteiger partial charge in [0.15, 0.2) is 5.82 Å². The lowest BCUT2D eigenvalue weighted by atomic mass is 10.1. The van der Waals surface area contributed by atoms with Crippen molar-refractivity contribution in [1.82, 2.24) is 14.8 Å². The van der Waals surface area contributed by atoms with Crippen molar-refractivity contribution in [3.05, 3.63) is 65.7 Å². The highest BCUT2D eigenvalue weighted by atomic mass is 16.5. The third kappa shape index (κ3) is 3.05. The predicted molar refractivity (Wildman–Crippen MR) is 98.5 cm³/mol. The Hall–Kier alpha value is -3.17. The molecule has 1 unspecified atom stereocenters. The van der Waals surface area contributed by atoms with E-state index in [1.807, 2.05) is 60.1 Å². The molecule has 4 rings (SSSR count). The number of rotatable bonds is 3. The molecule has 1 atom stereocenters. The summed E-state index contributed by atoms with van der Waals surface area (Å²) < 4.78 is 7.96. The molecule has 130 valence electrons. The summed E-state index contributed by atoms with van der Waals surface area (Å²) in [6, 6.07) is 19.8. The van der Waals surface area contributed by atoms with Crippen molar-refractivity contribution >= 4 is 5.95 Å². The monoisotopic (exact) mass is 345 g/mol. The van der Waals surface area contributed by atoms with Gasteiger partial charge < -0.3 is 9.64 Å². The van der Waals surface area contributed by atoms with Crippen molar-refractivity contribution in [1.29, 1.82) is 5.26 Å². The van der Waals surface area contributed by atoms with Gasteiger partial charge in [0, 0.05) is 19.2 Å². The van der Waals surface area contributed by atoms with Gasteiger partial charge in [-0.1, -0.05) is 42.5 Å². The summed E-state index contributed by atoms with van der Waals surface area (Å²) in [5.41, 5.74) is 2.70. The van der Waals surface area contributed by atoms with E-state index in [1.54, 1.807) is 6.07 Å². The van der Waals surface area contributed by atoms with E-state index >= 15 is 0 Å². The SMILES string of the molecule is Cn1c(-c2ccccc2)nnc1N1CCOC(c2cccc(C#N)c2)C1. The third-order valence-corrected chi connectivity index (χ3v) is 4.62. The molecule has 2 heterocycles. The van der Waals surface area contributed by atoms with Crippen molar-refractivity contribution in [3.8, 4) is 17.5 Å². The van der Waals surface area contributed by atoms with E-state index in [0.717, 1.165) is 29.4 Å². The highest BCUT2D eigenvalue weighted by Crippen LogP contribution is 2.27. The molecule has 1 aliphatic heterocycles. The molecular weight excluding hydrogens is 326 g/mol. The number of nitriles is 1. The average Bonchev–Trinajstić information content (AvgIpc) is 3.10. The van der Waals surface area contributed by atoms with Crippen molar-refractivity contribution in [3.63, 3.8) is 0 Å². The van der Waals surface area contributed by atoms with Gasteiger partial charge in [0.1, 0.15) is 6.10 Å². The van der Waals surface area contributed by atoms with Crippen LogP contribution in [0.25, 0.3) is 11.4 Å². The number of hydrogen-bond donors (Lipinski definition) is 0. The summed E-state index contributed by atoms with van der Waals surface area (Å²) in [5.74, 6) is 1.67. The Morgan fingerprint density at radius 1 is 1.12 bits per heavy atom. The van der Waals surface area contributed by atoms with Crippen molar-refractivity contribution in [2.24, 2.45) is 7.05 Å². The van der Waals surface area contributed by atoms with E-state index in [9.17, 15) is 0 Å². The molecule has 0 amide bonds. The molecule has 1 saturated heterocycles. The zero-order valence-electron chi connectivity index (χ0n) is 14.5. The number of anilines is 1. The van der Waals surface area contributed by atoms with Crippen molar-refractivity contribution in [2.75, 3.05) is 24.6 Å². The second-order valence-electron chi connectivity index (χ2n) is 6.29. The van der Waals surface area contributed by atoms with Gasteiger partial charge in [-0.15, -0.1) is 10.2 Å². The van der Waals surface area contributed by atoms with Crippen LogP contribution in [0, 0.1) is 11.3 Å². The minimum atomic E-state index is -0.0890. The van der Waals surface area contributed by atoms with Crippen LogP contribution in [0.2, 0.25) is 0 Å². The van der Waals surface area contributed by atoms with E-state index in [1.165, 1.54) is 0 Å². The standard InChI is InChI=1S/C20H19N5O/c1-24-19(16-7-3-2-4-8-16)22-23-20(24)25-10-11-26-18(14-25)17-9-5-6-15(12-17)13-21/h2-9,12,18H,10-11,14H2,1H3. The normalized spacial score (nSPS) is 17.1. The van der Waals surface area contributed by atoms with E-state index in [2.05, 4.69) is 21.2 Å². The third-order valence-electron chi connectivity index (χ3n) is 4.62. The highest BCUT2D eigenvalue weighted by molar-refractivity contribution is 5.57. The van der Waals surface area contributed by atoms with Crippen LogP contribution in [-0.2, 0) is 11.8 Å². The van der Waals surface area contributed by atoms with Crippen LogP contribution in [0.15, 0.2) is 54.6 Å². The summed E-state index contributed by atoms with van der Waals surface area (Å²) in [6.45, 7) is 2.04. The Morgan fingerprint density at radius 2 is 1.96 bits per heavy atom. The fourth-order valence-electron chi connectivity index (χ4n) is 3.28. The Balaban J connectivity index is 1.59. The first-order valence-electron chi connectivity index (χ1n) is 8.57. The lowest BCUT2D eigenvalue weighted by Gasteiger charge is -2.33. The van der Waals surface area contributed by atoms with Crippen molar-refractivity contribution < 1.29 is 4.74 Å². The highest BCUT2D eigenvalue weighted by Gasteiger charge is 2.26. The molecule has 1 aliphatic rings. The van der Waals surface area contributed by atoms with Gasteiger partial charge in [0.05, 0.1) is 24.8 Å². The van der Waals surface area contributed by atoms with Crippen LogP contribution in [0.5, 0.6) is 0 Å². The second-order valence-corrected chi connectivity index (χ2v) is 6.29. The molecule has 6 heteroatoms. The fourth-order valence-corrected chi connectivity index (χ4v) is 3.28. The predicted octanol–water partition coefficient (Wildman–Crippen LogP) is 2.93. The Kier molecular flexibility index (Phi) is 4.38. The lowest BCUT2D eigenvalue weighted by molar-refractivity contribution is 0.0390. The maximum absolute atomic E-state index is 9.11. The molecule has 0 saturated carbocycles. The van der Waals surface area contributed by atoms with Gasteiger partial charge in [-0.3, -0.25) is 4.57 Å². The molecule has 1 fully saturated rings. The van der Waals surface area contributed by atoms with Crippen LogP contribution in [0.4, 0.5) is 5.95 Å².